The summed E-state index contributed by atoms with van der Waals surface area (Å²) < 4.78 is 0. The van der Waals surface area contributed by atoms with E-state index in [-0.39, 0.29) is 76.6 Å². The summed E-state index contributed by atoms with van der Waals surface area (Å²) in [4.78, 5) is 41.3. The number of carbonyl (C=O) groups excluding carboxylic acids is 2. The van der Waals surface area contributed by atoms with Crippen LogP contribution in [0.1, 0.15) is 211 Å². The standard InChI is InChI=1S/C29H41N3O3.C29H43N3O2.C28H39N3O3.C28H41N3O2.CH4/c1-19(2)26(30-28(35)27-14-21-9-10-25(34)13-22(21)17-31(27)5)18-32-12-11-29(4,20(3)16-32)23-7-6-8-24(33)15-23;1-20(2)28(30-16-25-13-22-9-10-27(34)14-23(22)18-31(25)5)19-32-12-11-29(4,21(3)17-32)24-7-6-8-26(33)15-24;1-18(2)26(30-27(34)25-13-20-8-9-24(33)12-21(20)15-29-25)17-31-11-10-28(4,19(3)16-31)22-6-5-7-23(32)14-22;1-19(2)27(30-16-24-12-21-8-9-26(33)13-22(21)15-29-24)18-31-11-10-28(4,20(3)17-31)23-6-5-7-25(32)14-23;/h6-10,13,15,19-20,26-27,33-34H,11-12,14,16-18H2,1-5H3,(H,30,35);6-10,14-15,20-21,25,28,30,33-34H,11-13,16-19H2,1-5H3;5-9,12,14,18-19,25-26,29,32-33H,10-11,13,15-17H2,1-4H3,(H,30,34);5-9,13-14,19-20,24,27,29-30,32-33H,10-12,15-18H2,1-4H3;1H4/t20-,26+,27?,29+;21-,25?,28+,29+;19-,25?,26-,28+;20-,24?,27+,28+;/m0010./s1. The average Bonchev–Trinajstić information content (AvgIpc) is 0.793. The first-order chi connectivity index (χ1) is 64.6. The van der Waals surface area contributed by atoms with E-state index in [2.05, 4.69) is 216 Å². The topological polar surface area (TPSA) is 288 Å². The minimum atomic E-state index is -0.257. The summed E-state index contributed by atoms with van der Waals surface area (Å²) in [6.07, 6.45) is 7.56. The first kappa shape index (κ1) is 107. The second-order valence-electron chi connectivity index (χ2n) is 44.4. The molecule has 4 saturated heterocycles. The highest BCUT2D eigenvalue weighted by molar-refractivity contribution is 5.83. The van der Waals surface area contributed by atoms with E-state index in [4.69, 9.17) is 0 Å². The fraction of sp³-hybridized carbons (Fsp3) is 0.565. The van der Waals surface area contributed by atoms with Gasteiger partial charge in [-0.15, -0.1) is 0 Å². The van der Waals surface area contributed by atoms with Gasteiger partial charge in [-0.1, -0.05) is 191 Å². The maximum atomic E-state index is 13.4. The van der Waals surface area contributed by atoms with Crippen LogP contribution < -0.4 is 31.9 Å². The second-order valence-corrected chi connectivity index (χ2v) is 44.4. The molecular formula is C115H168N12O10. The molecule has 0 aromatic heterocycles. The number of benzene rings is 8. The number of aromatic hydroxyl groups is 8. The third kappa shape index (κ3) is 26.9. The van der Waals surface area contributed by atoms with Crippen LogP contribution >= 0.6 is 0 Å². The van der Waals surface area contributed by atoms with Crippen LogP contribution in [0.25, 0.3) is 0 Å². The zero-order valence-electron chi connectivity index (χ0n) is 84.9. The number of fused-ring (bicyclic) bond motifs is 4. The van der Waals surface area contributed by atoms with Crippen LogP contribution in [0.5, 0.6) is 46.0 Å². The SMILES string of the molecule is C.CC(C)[C@@H](CN1CC[C@@](C)(c2cccc(O)c2)[C@@H](C)C1)NC(=O)C1Cc2ccc(O)cc2CN1C.CC(C)[C@@H](CN1CC[C@@](C)(c2cccc(O)c2)[C@@H](C)C1)NCC1Cc2ccc(O)cc2CN1.CC(C)[C@@H](CN1CC[C@@](C)(c2cccc(O)c2)[C@@H](C)C1)NCC1Cc2ccc(O)cc2CN1C.CC(C)[C@@H](CN1CC[C@](C)(c2cccc(O)c2)[C@H](C)C1)NC(=O)C1Cc2ccc(O)cc2CN1. The highest BCUT2D eigenvalue weighted by Crippen LogP contribution is 2.46. The number of likely N-dealkylation sites (N-methyl/N-ethyl adjacent to an activating group) is 2. The summed E-state index contributed by atoms with van der Waals surface area (Å²) in [7, 11) is 4.17. The predicted molar refractivity (Wildman–Crippen MR) is 555 cm³/mol. The molecule has 16 atom stereocenters. The Morgan fingerprint density at radius 2 is 0.664 bits per heavy atom. The maximum absolute atomic E-state index is 13.4. The van der Waals surface area contributed by atoms with Crippen LogP contribution in [0, 0.1) is 47.3 Å². The van der Waals surface area contributed by atoms with Crippen LogP contribution in [0.15, 0.2) is 170 Å². The summed E-state index contributed by atoms with van der Waals surface area (Å²) in [5, 5.41) is 100. The molecule has 748 valence electrons. The molecule has 8 aliphatic rings. The fourth-order valence-corrected chi connectivity index (χ4v) is 22.6. The number of rotatable bonds is 26. The third-order valence-corrected chi connectivity index (χ3v) is 33.5. The number of piperidine rings is 4. The molecular weight excluding hydrogens is 1710 g/mol. The summed E-state index contributed by atoms with van der Waals surface area (Å²) in [5.41, 5.74) is 14.7. The monoisotopic (exact) mass is 1880 g/mol. The van der Waals surface area contributed by atoms with Crippen molar-refractivity contribution in [2.75, 3.05) is 106 Å². The number of amides is 2. The third-order valence-electron chi connectivity index (χ3n) is 33.5. The van der Waals surface area contributed by atoms with E-state index < -0.39 is 0 Å². The van der Waals surface area contributed by atoms with Gasteiger partial charge in [-0.3, -0.25) is 19.4 Å². The molecule has 0 saturated carbocycles. The molecule has 0 spiro atoms. The van der Waals surface area contributed by atoms with Crippen LogP contribution in [0.2, 0.25) is 0 Å². The average molecular weight is 1880 g/mol. The Labute approximate surface area is 820 Å². The minimum Gasteiger partial charge on any atom is -0.508 e. The number of hydrogen-bond acceptors (Lipinski definition) is 20. The molecule has 8 aromatic rings. The lowest BCUT2D eigenvalue weighted by molar-refractivity contribution is -0.128. The fourth-order valence-electron chi connectivity index (χ4n) is 22.6. The zero-order chi connectivity index (χ0) is 97.8. The van der Waals surface area contributed by atoms with E-state index in [0.717, 1.165) is 165 Å². The van der Waals surface area contributed by atoms with E-state index in [1.807, 2.05) is 85.9 Å². The van der Waals surface area contributed by atoms with Crippen LogP contribution in [-0.2, 0) is 83.1 Å². The normalized spacial score (nSPS) is 26.4. The number of nitrogens with zero attached hydrogens (tertiary/aromatic N) is 6. The number of phenols is 8. The van der Waals surface area contributed by atoms with Gasteiger partial charge < -0.3 is 92.4 Å². The lowest BCUT2D eigenvalue weighted by Crippen LogP contribution is -2.56. The number of carbonyl (C=O) groups is 2. The molecule has 22 nitrogen and oxygen atoms in total. The summed E-state index contributed by atoms with van der Waals surface area (Å²) in [5.74, 6) is 6.44. The van der Waals surface area contributed by atoms with Crippen molar-refractivity contribution in [3.63, 3.8) is 0 Å². The summed E-state index contributed by atoms with van der Waals surface area (Å²) in [6, 6.07) is 54.9. The molecule has 16 rings (SSSR count). The van der Waals surface area contributed by atoms with Gasteiger partial charge in [0.25, 0.3) is 0 Å². The Kier molecular flexibility index (Phi) is 36.4. The molecule has 137 heavy (non-hydrogen) atoms. The summed E-state index contributed by atoms with van der Waals surface area (Å²) in [6.45, 7) is 53.5. The highest BCUT2D eigenvalue weighted by Gasteiger charge is 2.45. The lowest BCUT2D eigenvalue weighted by Gasteiger charge is -2.46. The minimum absolute atomic E-state index is 0. The molecule has 22 heteroatoms. The Balaban J connectivity index is 0.000000164. The van der Waals surface area contributed by atoms with Crippen molar-refractivity contribution in [2.45, 2.75) is 266 Å². The van der Waals surface area contributed by atoms with Gasteiger partial charge in [0.2, 0.25) is 11.8 Å². The number of nitrogens with one attached hydrogen (secondary N) is 6. The molecule has 2 amide bonds. The molecule has 0 radical (unpaired) electrons. The quantitative estimate of drug-likeness (QED) is 0.0240. The highest BCUT2D eigenvalue weighted by atomic mass is 16.3. The van der Waals surface area contributed by atoms with Crippen molar-refractivity contribution >= 4 is 11.8 Å². The Morgan fingerprint density at radius 1 is 0.358 bits per heavy atom. The van der Waals surface area contributed by atoms with Crippen molar-refractivity contribution < 1.29 is 50.4 Å². The van der Waals surface area contributed by atoms with Crippen LogP contribution in [-0.4, -0.2) is 236 Å². The molecule has 14 N–H and O–H groups in total. The molecule has 4 unspecified atom stereocenters. The Bertz CT molecular complexity index is 5280. The van der Waals surface area contributed by atoms with E-state index in [1.54, 1.807) is 54.6 Å². The van der Waals surface area contributed by atoms with Gasteiger partial charge in [0.05, 0.1) is 12.1 Å². The van der Waals surface area contributed by atoms with Crippen molar-refractivity contribution in [1.82, 2.24) is 61.3 Å². The molecule has 8 heterocycles. The van der Waals surface area contributed by atoms with Crippen molar-refractivity contribution in [1.29, 1.82) is 0 Å². The predicted octanol–water partition coefficient (Wildman–Crippen LogP) is 16.5. The summed E-state index contributed by atoms with van der Waals surface area (Å²) >= 11 is 0. The van der Waals surface area contributed by atoms with Gasteiger partial charge in [-0.05, 0) is 324 Å². The number of likely N-dealkylation sites (tertiary alicyclic amines) is 4. The van der Waals surface area contributed by atoms with Gasteiger partial charge in [0.1, 0.15) is 46.0 Å². The maximum Gasteiger partial charge on any atom is 0.237 e. The molecule has 8 aromatic carbocycles. The lowest BCUT2D eigenvalue weighted by atomic mass is 9.68. The van der Waals surface area contributed by atoms with Crippen LogP contribution in [0.3, 0.4) is 0 Å². The molecule has 0 bridgehead atoms. The Morgan fingerprint density at radius 3 is 1.02 bits per heavy atom. The largest absolute Gasteiger partial charge is 0.508 e. The first-order valence-electron chi connectivity index (χ1n) is 50.9. The van der Waals surface area contributed by atoms with Gasteiger partial charge in [0, 0.05) is 128 Å². The van der Waals surface area contributed by atoms with Gasteiger partial charge in [-0.25, -0.2) is 0 Å². The van der Waals surface area contributed by atoms with Crippen LogP contribution in [0.4, 0.5) is 0 Å². The molecule has 8 aliphatic heterocycles. The van der Waals surface area contributed by atoms with E-state index in [9.17, 15) is 50.4 Å². The smallest absolute Gasteiger partial charge is 0.237 e. The van der Waals surface area contributed by atoms with Crippen molar-refractivity contribution in [2.24, 2.45) is 47.3 Å². The molecule has 0 aliphatic carbocycles. The first-order valence-corrected chi connectivity index (χ1v) is 50.9. The van der Waals surface area contributed by atoms with E-state index in [1.165, 1.54) is 44.5 Å². The van der Waals surface area contributed by atoms with E-state index in [0.29, 0.717) is 132 Å². The van der Waals surface area contributed by atoms with E-state index >= 15 is 0 Å². The number of hydrogen-bond donors (Lipinski definition) is 14. The zero-order valence-corrected chi connectivity index (χ0v) is 84.9. The second kappa shape index (κ2) is 46.9. The number of phenolic OH excluding ortho intramolecular Hbond substituents is 8. The Hall–Kier alpha value is -9.30. The van der Waals surface area contributed by atoms with Crippen molar-refractivity contribution in [3.8, 4) is 46.0 Å². The van der Waals surface area contributed by atoms with Gasteiger partial charge >= 0.3 is 0 Å². The van der Waals surface area contributed by atoms with Gasteiger partial charge in [-0.2, -0.15) is 0 Å². The molecule has 4 fully saturated rings. The van der Waals surface area contributed by atoms with Gasteiger partial charge in [0.15, 0.2) is 0 Å². The van der Waals surface area contributed by atoms with Crippen molar-refractivity contribution in [3.05, 3.63) is 237 Å².